The lowest BCUT2D eigenvalue weighted by molar-refractivity contribution is 0.0920. The highest BCUT2D eigenvalue weighted by Crippen LogP contribution is 2.29. The maximum Gasteiger partial charge on any atom is 0.287 e. The molecule has 1 aromatic carbocycles. The van der Waals surface area contributed by atoms with Gasteiger partial charge in [-0.15, -0.1) is 0 Å². The standard InChI is InChI=1S/C23H29N3O3/c1-14(2)12-13-24-23(28)21-16(4)20-18(10-7-11-19(20)29-21)25-26-22(27)17-9-6-5-8-15(17)3/h5-6,8-9,14H,7,10-13H2,1-4H3,(H,24,28)(H,26,27)/b25-18+. The van der Waals surface area contributed by atoms with E-state index in [1.165, 1.54) is 0 Å². The number of benzene rings is 1. The molecule has 1 heterocycles. The minimum Gasteiger partial charge on any atom is -0.455 e. The van der Waals surface area contributed by atoms with Gasteiger partial charge in [-0.05, 0) is 50.7 Å². The number of furan rings is 1. The fraction of sp³-hybridized carbons (Fsp3) is 0.435. The summed E-state index contributed by atoms with van der Waals surface area (Å²) in [5.74, 6) is 1.21. The first-order valence-corrected chi connectivity index (χ1v) is 10.2. The average molecular weight is 396 g/mol. The molecule has 2 amide bonds. The van der Waals surface area contributed by atoms with E-state index in [0.717, 1.165) is 53.8 Å². The molecule has 6 nitrogen and oxygen atoms in total. The van der Waals surface area contributed by atoms with Gasteiger partial charge in [-0.2, -0.15) is 5.10 Å². The fourth-order valence-corrected chi connectivity index (χ4v) is 3.56. The summed E-state index contributed by atoms with van der Waals surface area (Å²) in [5.41, 5.74) is 6.57. The molecule has 0 unspecified atom stereocenters. The fourth-order valence-electron chi connectivity index (χ4n) is 3.56. The van der Waals surface area contributed by atoms with E-state index < -0.39 is 0 Å². The Morgan fingerprint density at radius 3 is 2.62 bits per heavy atom. The van der Waals surface area contributed by atoms with E-state index in [4.69, 9.17) is 4.42 Å². The quantitative estimate of drug-likeness (QED) is 0.721. The normalized spacial score (nSPS) is 14.7. The van der Waals surface area contributed by atoms with Gasteiger partial charge in [-0.25, -0.2) is 5.43 Å². The maximum absolute atomic E-state index is 12.5. The van der Waals surface area contributed by atoms with E-state index in [-0.39, 0.29) is 11.8 Å². The zero-order chi connectivity index (χ0) is 21.0. The molecule has 0 radical (unpaired) electrons. The number of hydrazone groups is 1. The van der Waals surface area contributed by atoms with Crippen LogP contribution in [0, 0.1) is 19.8 Å². The molecule has 3 rings (SSSR count). The van der Waals surface area contributed by atoms with E-state index in [1.807, 2.05) is 32.0 Å². The van der Waals surface area contributed by atoms with Gasteiger partial charge in [-0.3, -0.25) is 9.59 Å². The minimum atomic E-state index is -0.240. The lowest BCUT2D eigenvalue weighted by Crippen LogP contribution is -2.25. The second-order valence-electron chi connectivity index (χ2n) is 7.96. The number of nitrogens with zero attached hydrogens (tertiary/aromatic N) is 1. The van der Waals surface area contributed by atoms with E-state index in [0.29, 0.717) is 23.8 Å². The van der Waals surface area contributed by atoms with Crippen LogP contribution < -0.4 is 10.7 Å². The summed E-state index contributed by atoms with van der Waals surface area (Å²) in [7, 11) is 0. The van der Waals surface area contributed by atoms with Gasteiger partial charge in [0.1, 0.15) is 5.76 Å². The molecule has 154 valence electrons. The number of fused-ring (bicyclic) bond motifs is 1. The van der Waals surface area contributed by atoms with Crippen LogP contribution in [0.25, 0.3) is 0 Å². The Labute approximate surface area is 171 Å². The number of carbonyl (C=O) groups excluding carboxylic acids is 2. The molecular formula is C23H29N3O3. The van der Waals surface area contributed by atoms with Gasteiger partial charge in [0.2, 0.25) is 0 Å². The molecule has 1 aliphatic rings. The summed E-state index contributed by atoms with van der Waals surface area (Å²) in [4.78, 5) is 25.0. The number of hydrogen-bond donors (Lipinski definition) is 2. The molecule has 6 heteroatoms. The molecule has 0 bridgehead atoms. The first-order chi connectivity index (χ1) is 13.9. The Bertz CT molecular complexity index is 941. The van der Waals surface area contributed by atoms with Crippen LogP contribution in [0.3, 0.4) is 0 Å². The monoisotopic (exact) mass is 395 g/mol. The molecule has 0 spiro atoms. The molecule has 0 fully saturated rings. The zero-order valence-electron chi connectivity index (χ0n) is 17.6. The van der Waals surface area contributed by atoms with E-state index >= 15 is 0 Å². The minimum absolute atomic E-state index is 0.194. The lowest BCUT2D eigenvalue weighted by Gasteiger charge is -2.13. The number of hydrogen-bond acceptors (Lipinski definition) is 4. The van der Waals surface area contributed by atoms with Gasteiger partial charge in [0.05, 0.1) is 5.71 Å². The van der Waals surface area contributed by atoms with Crippen molar-refractivity contribution < 1.29 is 14.0 Å². The highest BCUT2D eigenvalue weighted by molar-refractivity contribution is 6.07. The molecule has 1 aromatic heterocycles. The van der Waals surface area contributed by atoms with Gasteiger partial charge >= 0.3 is 0 Å². The van der Waals surface area contributed by atoms with E-state index in [9.17, 15) is 9.59 Å². The second kappa shape index (κ2) is 9.07. The summed E-state index contributed by atoms with van der Waals surface area (Å²) in [6.07, 6.45) is 3.28. The largest absolute Gasteiger partial charge is 0.455 e. The van der Waals surface area contributed by atoms with Crippen LogP contribution in [0.1, 0.15) is 76.5 Å². The van der Waals surface area contributed by atoms with Crippen LogP contribution in [-0.2, 0) is 6.42 Å². The first kappa shape index (κ1) is 20.8. The van der Waals surface area contributed by atoms with Crippen molar-refractivity contribution in [2.75, 3.05) is 6.54 Å². The Kier molecular flexibility index (Phi) is 6.52. The zero-order valence-corrected chi connectivity index (χ0v) is 17.6. The molecule has 29 heavy (non-hydrogen) atoms. The molecular weight excluding hydrogens is 366 g/mol. The molecule has 0 saturated carbocycles. The molecule has 2 aromatic rings. The van der Waals surface area contributed by atoms with Gasteiger partial charge in [0, 0.05) is 29.7 Å². The SMILES string of the molecule is Cc1ccccc1C(=O)N/N=C1\CCCc2oc(C(=O)NCCC(C)C)c(C)c21. The van der Waals surface area contributed by atoms with Crippen LogP contribution >= 0.6 is 0 Å². The van der Waals surface area contributed by atoms with Crippen molar-refractivity contribution in [1.82, 2.24) is 10.7 Å². The predicted octanol–water partition coefficient (Wildman–Crippen LogP) is 4.14. The van der Waals surface area contributed by atoms with Crippen LogP contribution in [0.2, 0.25) is 0 Å². The lowest BCUT2D eigenvalue weighted by atomic mass is 9.93. The Balaban J connectivity index is 1.78. The number of aryl methyl sites for hydroxylation is 2. The number of carbonyl (C=O) groups is 2. The van der Waals surface area contributed by atoms with Crippen molar-refractivity contribution in [2.24, 2.45) is 11.0 Å². The van der Waals surface area contributed by atoms with Crippen molar-refractivity contribution in [3.05, 3.63) is 58.0 Å². The van der Waals surface area contributed by atoms with Gasteiger partial charge in [0.25, 0.3) is 11.8 Å². The molecule has 2 N–H and O–H groups in total. The van der Waals surface area contributed by atoms with E-state index in [2.05, 4.69) is 29.7 Å². The third-order valence-corrected chi connectivity index (χ3v) is 5.22. The Morgan fingerprint density at radius 2 is 1.90 bits per heavy atom. The second-order valence-corrected chi connectivity index (χ2v) is 7.96. The summed E-state index contributed by atoms with van der Waals surface area (Å²) < 4.78 is 5.89. The first-order valence-electron chi connectivity index (χ1n) is 10.2. The van der Waals surface area contributed by atoms with Crippen LogP contribution in [-0.4, -0.2) is 24.1 Å². The van der Waals surface area contributed by atoms with Gasteiger partial charge < -0.3 is 9.73 Å². The highest BCUT2D eigenvalue weighted by atomic mass is 16.4. The van der Waals surface area contributed by atoms with Gasteiger partial charge in [-0.1, -0.05) is 32.0 Å². The van der Waals surface area contributed by atoms with Crippen molar-refractivity contribution >= 4 is 17.5 Å². The molecule has 0 aliphatic heterocycles. The molecule has 0 saturated heterocycles. The van der Waals surface area contributed by atoms with Crippen molar-refractivity contribution in [1.29, 1.82) is 0 Å². The average Bonchev–Trinajstić information content (AvgIpc) is 3.03. The van der Waals surface area contributed by atoms with E-state index in [1.54, 1.807) is 6.07 Å². The summed E-state index contributed by atoms with van der Waals surface area (Å²) >= 11 is 0. The molecule has 1 aliphatic carbocycles. The Morgan fingerprint density at radius 1 is 1.14 bits per heavy atom. The highest BCUT2D eigenvalue weighted by Gasteiger charge is 2.28. The number of nitrogens with one attached hydrogen (secondary N) is 2. The Hall–Kier alpha value is -2.89. The molecule has 0 atom stereocenters. The number of amides is 2. The third-order valence-electron chi connectivity index (χ3n) is 5.22. The summed E-state index contributed by atoms with van der Waals surface area (Å²) in [6.45, 7) is 8.64. The summed E-state index contributed by atoms with van der Waals surface area (Å²) in [6, 6.07) is 7.40. The van der Waals surface area contributed by atoms with Crippen molar-refractivity contribution in [3.8, 4) is 0 Å². The topological polar surface area (TPSA) is 83.7 Å². The smallest absolute Gasteiger partial charge is 0.287 e. The van der Waals surface area contributed by atoms with Crippen molar-refractivity contribution in [3.63, 3.8) is 0 Å². The van der Waals surface area contributed by atoms with Crippen LogP contribution in [0.4, 0.5) is 0 Å². The predicted molar refractivity (Wildman–Crippen MR) is 113 cm³/mol. The number of rotatable bonds is 6. The van der Waals surface area contributed by atoms with Crippen LogP contribution in [0.15, 0.2) is 33.8 Å². The maximum atomic E-state index is 12.5. The third kappa shape index (κ3) is 4.75. The van der Waals surface area contributed by atoms with Crippen molar-refractivity contribution in [2.45, 2.75) is 53.4 Å². The van der Waals surface area contributed by atoms with Gasteiger partial charge in [0.15, 0.2) is 5.76 Å². The summed E-state index contributed by atoms with van der Waals surface area (Å²) in [5, 5.41) is 7.32. The van der Waals surface area contributed by atoms with Crippen LogP contribution in [0.5, 0.6) is 0 Å².